The number of unbranched alkanes of at least 4 members (excludes halogenated alkanes) is 27. The minimum Gasteiger partial charge on any atom is -0.462 e. The Kier molecular flexibility index (Phi) is 44.2. The van der Waals surface area contributed by atoms with Gasteiger partial charge in [-0.25, -0.2) is 0 Å². The topological polar surface area (TPSA) is 78.9 Å². The summed E-state index contributed by atoms with van der Waals surface area (Å²) in [7, 11) is 0. The fraction of sp³-hybridized carbons (Fsp3) is 0.944. The Morgan fingerprint density at radius 3 is 0.783 bits per heavy atom. The van der Waals surface area contributed by atoms with Gasteiger partial charge >= 0.3 is 17.9 Å². The average Bonchev–Trinajstić information content (AvgIpc) is 3.25. The van der Waals surface area contributed by atoms with Crippen molar-refractivity contribution in [1.82, 2.24) is 0 Å². The minimum atomic E-state index is -0.763. The van der Waals surface area contributed by atoms with Crippen LogP contribution >= 0.6 is 0 Å². The number of carbonyl (C=O) groups excluding carboxylic acids is 3. The highest BCUT2D eigenvalue weighted by Gasteiger charge is 2.19. The fourth-order valence-corrected chi connectivity index (χ4v) is 8.02. The lowest BCUT2D eigenvalue weighted by Crippen LogP contribution is -2.30. The van der Waals surface area contributed by atoms with Crippen molar-refractivity contribution in [3.05, 3.63) is 0 Å². The minimum absolute atomic E-state index is 0.0651. The molecule has 0 radical (unpaired) electrons. The van der Waals surface area contributed by atoms with Gasteiger partial charge in [0.2, 0.25) is 0 Å². The first-order valence-corrected chi connectivity index (χ1v) is 26.7. The van der Waals surface area contributed by atoms with Crippen LogP contribution in [-0.4, -0.2) is 37.2 Å². The van der Waals surface area contributed by atoms with E-state index >= 15 is 0 Å². The maximum absolute atomic E-state index is 12.8. The van der Waals surface area contributed by atoms with Crippen molar-refractivity contribution in [1.29, 1.82) is 0 Å². The van der Waals surface area contributed by atoms with Gasteiger partial charge in [0.25, 0.3) is 0 Å². The van der Waals surface area contributed by atoms with Crippen LogP contribution in [-0.2, 0) is 28.6 Å². The Balaban J connectivity index is 4.29. The third kappa shape index (κ3) is 43.1. The van der Waals surface area contributed by atoms with Crippen molar-refractivity contribution in [2.24, 2.45) is 17.8 Å². The van der Waals surface area contributed by atoms with E-state index in [1.54, 1.807) is 0 Å². The summed E-state index contributed by atoms with van der Waals surface area (Å²) in [5, 5.41) is 0. The summed E-state index contributed by atoms with van der Waals surface area (Å²) in [5.74, 6) is 1.72. The molecule has 0 aliphatic carbocycles. The number of esters is 3. The monoisotopic (exact) mass is 849 g/mol. The van der Waals surface area contributed by atoms with Gasteiger partial charge in [-0.3, -0.25) is 14.4 Å². The molecule has 0 rings (SSSR count). The van der Waals surface area contributed by atoms with Crippen LogP contribution < -0.4 is 0 Å². The summed E-state index contributed by atoms with van der Waals surface area (Å²) >= 11 is 0. The molecule has 6 nitrogen and oxygen atoms in total. The van der Waals surface area contributed by atoms with Crippen LogP contribution in [0.5, 0.6) is 0 Å². The third-order valence-electron chi connectivity index (χ3n) is 13.2. The molecule has 60 heavy (non-hydrogen) atoms. The number of rotatable bonds is 47. The second-order valence-electron chi connectivity index (χ2n) is 19.2. The molecule has 6 heteroatoms. The van der Waals surface area contributed by atoms with Gasteiger partial charge in [0.15, 0.2) is 6.10 Å². The van der Waals surface area contributed by atoms with Gasteiger partial charge in [-0.15, -0.1) is 0 Å². The maximum Gasteiger partial charge on any atom is 0.306 e. The summed E-state index contributed by atoms with van der Waals surface area (Å²) in [6, 6.07) is 0. The Labute approximate surface area is 374 Å². The van der Waals surface area contributed by atoms with Crippen molar-refractivity contribution < 1.29 is 28.6 Å². The quantitative estimate of drug-likeness (QED) is 0.0345. The Hall–Kier alpha value is -1.59. The molecule has 0 N–H and O–H groups in total. The first kappa shape index (κ1) is 58.4. The normalized spacial score (nSPS) is 13.5. The van der Waals surface area contributed by atoms with E-state index < -0.39 is 6.10 Å². The van der Waals surface area contributed by atoms with Crippen LogP contribution in [0.3, 0.4) is 0 Å². The van der Waals surface area contributed by atoms with E-state index in [1.165, 1.54) is 173 Å². The largest absolute Gasteiger partial charge is 0.462 e. The van der Waals surface area contributed by atoms with Crippen LogP contribution in [0.1, 0.15) is 292 Å². The zero-order valence-corrected chi connectivity index (χ0v) is 41.3. The van der Waals surface area contributed by atoms with E-state index in [0.29, 0.717) is 19.3 Å². The first-order chi connectivity index (χ1) is 29.2. The van der Waals surface area contributed by atoms with E-state index in [1.807, 2.05) is 0 Å². The van der Waals surface area contributed by atoms with Crippen LogP contribution in [0, 0.1) is 17.8 Å². The molecule has 0 aliphatic rings. The molecule has 0 fully saturated rings. The highest BCUT2D eigenvalue weighted by molar-refractivity contribution is 5.71. The van der Waals surface area contributed by atoms with Crippen molar-refractivity contribution >= 4 is 17.9 Å². The molecule has 356 valence electrons. The van der Waals surface area contributed by atoms with E-state index in [0.717, 1.165) is 75.5 Å². The van der Waals surface area contributed by atoms with Crippen LogP contribution in [0.25, 0.3) is 0 Å². The molecule has 0 amide bonds. The summed E-state index contributed by atoms with van der Waals surface area (Å²) in [5.41, 5.74) is 0. The summed E-state index contributed by atoms with van der Waals surface area (Å²) in [6.07, 6.45) is 45.1. The molecular weight excluding hydrogens is 745 g/mol. The van der Waals surface area contributed by atoms with Gasteiger partial charge in [-0.05, 0) is 37.0 Å². The lowest BCUT2D eigenvalue weighted by atomic mass is 9.99. The summed E-state index contributed by atoms with van der Waals surface area (Å²) in [4.78, 5) is 38.0. The standard InChI is InChI=1S/C54H104O6/c1-7-48(4)40-34-28-22-18-14-12-10-11-13-15-20-24-31-37-43-52(55)58-46-51(47-59-53(56)44-38-32-27-26-30-36-42-50(6)9-3)60-54(57)45-39-33-25-21-17-16-19-23-29-35-41-49(5)8-2/h48-51H,7-47H2,1-6H3/t48?,49?,50?,51-/m1/s1. The molecule has 4 atom stereocenters. The molecule has 0 heterocycles. The molecule has 0 bridgehead atoms. The zero-order chi connectivity index (χ0) is 44.2. The average molecular weight is 849 g/mol. The predicted molar refractivity (Wildman–Crippen MR) is 256 cm³/mol. The Morgan fingerprint density at radius 2 is 0.533 bits per heavy atom. The van der Waals surface area contributed by atoms with Crippen molar-refractivity contribution in [3.8, 4) is 0 Å². The molecule has 0 aliphatic heterocycles. The lowest BCUT2D eigenvalue weighted by molar-refractivity contribution is -0.167. The second kappa shape index (κ2) is 45.4. The number of carbonyl (C=O) groups is 3. The van der Waals surface area contributed by atoms with Crippen LogP contribution in [0.15, 0.2) is 0 Å². The molecular formula is C54H104O6. The van der Waals surface area contributed by atoms with Gasteiger partial charge < -0.3 is 14.2 Å². The Morgan fingerprint density at radius 1 is 0.317 bits per heavy atom. The zero-order valence-electron chi connectivity index (χ0n) is 41.3. The molecule has 0 aromatic carbocycles. The number of hydrogen-bond acceptors (Lipinski definition) is 6. The molecule has 0 saturated heterocycles. The van der Waals surface area contributed by atoms with Crippen molar-refractivity contribution in [2.45, 2.75) is 298 Å². The Bertz CT molecular complexity index is 935. The SMILES string of the molecule is CCC(C)CCCCCCCCCCCCCCCCC(=O)OC[C@H](COC(=O)CCCCCCCCC(C)CC)OC(=O)CCCCCCCCCCCCC(C)CC. The molecule has 3 unspecified atom stereocenters. The third-order valence-corrected chi connectivity index (χ3v) is 13.2. The van der Waals surface area contributed by atoms with Gasteiger partial charge in [0.05, 0.1) is 0 Å². The van der Waals surface area contributed by atoms with E-state index in [2.05, 4.69) is 41.5 Å². The van der Waals surface area contributed by atoms with E-state index in [9.17, 15) is 14.4 Å². The lowest BCUT2D eigenvalue weighted by Gasteiger charge is -2.18. The molecule has 0 aromatic rings. The number of ether oxygens (including phenoxy) is 3. The molecule has 0 aromatic heterocycles. The van der Waals surface area contributed by atoms with Crippen LogP contribution in [0.2, 0.25) is 0 Å². The van der Waals surface area contributed by atoms with E-state index in [4.69, 9.17) is 14.2 Å². The summed E-state index contributed by atoms with van der Waals surface area (Å²) in [6.45, 7) is 13.8. The van der Waals surface area contributed by atoms with Gasteiger partial charge in [-0.2, -0.15) is 0 Å². The number of hydrogen-bond donors (Lipinski definition) is 0. The predicted octanol–water partition coefficient (Wildman–Crippen LogP) is 17.2. The van der Waals surface area contributed by atoms with Crippen molar-refractivity contribution in [2.75, 3.05) is 13.2 Å². The van der Waals surface area contributed by atoms with E-state index in [-0.39, 0.29) is 31.1 Å². The molecule has 0 spiro atoms. The maximum atomic E-state index is 12.8. The smallest absolute Gasteiger partial charge is 0.306 e. The highest BCUT2D eigenvalue weighted by Crippen LogP contribution is 2.19. The summed E-state index contributed by atoms with van der Waals surface area (Å²) < 4.78 is 16.8. The van der Waals surface area contributed by atoms with Crippen LogP contribution in [0.4, 0.5) is 0 Å². The fourth-order valence-electron chi connectivity index (χ4n) is 8.02. The van der Waals surface area contributed by atoms with Gasteiger partial charge in [0.1, 0.15) is 13.2 Å². The second-order valence-corrected chi connectivity index (χ2v) is 19.2. The first-order valence-electron chi connectivity index (χ1n) is 26.7. The van der Waals surface area contributed by atoms with Gasteiger partial charge in [-0.1, -0.05) is 253 Å². The highest BCUT2D eigenvalue weighted by atomic mass is 16.6. The van der Waals surface area contributed by atoms with Crippen molar-refractivity contribution in [3.63, 3.8) is 0 Å². The molecule has 0 saturated carbocycles. The van der Waals surface area contributed by atoms with Gasteiger partial charge in [0, 0.05) is 19.3 Å².